The van der Waals surface area contributed by atoms with Gasteiger partial charge in [0.1, 0.15) is 11.1 Å². The zero-order valence-electron chi connectivity index (χ0n) is 10.3. The van der Waals surface area contributed by atoms with Crippen molar-refractivity contribution >= 4 is 27.8 Å². The van der Waals surface area contributed by atoms with Crippen LogP contribution in [0.15, 0.2) is 33.6 Å². The summed E-state index contributed by atoms with van der Waals surface area (Å²) in [6, 6.07) is 5.10. The Labute approximate surface area is 107 Å². The summed E-state index contributed by atoms with van der Waals surface area (Å²) >= 11 is 0. The number of aromatic nitrogens is 2. The summed E-state index contributed by atoms with van der Waals surface area (Å²) in [5, 5.41) is 5.50. The number of carbonyl (C=O) groups is 1. The van der Waals surface area contributed by atoms with E-state index in [1.54, 1.807) is 24.0 Å². The van der Waals surface area contributed by atoms with Crippen molar-refractivity contribution in [3.8, 4) is 0 Å². The molecular formula is C13H10N2O4. The second-order valence-corrected chi connectivity index (χ2v) is 4.12. The van der Waals surface area contributed by atoms with Crippen molar-refractivity contribution in [2.24, 2.45) is 7.05 Å². The molecule has 19 heavy (non-hydrogen) atoms. The van der Waals surface area contributed by atoms with Gasteiger partial charge in [-0.15, -0.1) is 0 Å². The first-order chi connectivity index (χ1) is 9.11. The Bertz CT molecular complexity index is 860. The fraction of sp³-hybridized carbons (Fsp3) is 0.154. The highest BCUT2D eigenvalue weighted by molar-refractivity contribution is 6.04. The van der Waals surface area contributed by atoms with Crippen molar-refractivity contribution in [1.29, 1.82) is 0 Å². The van der Waals surface area contributed by atoms with Crippen molar-refractivity contribution in [3.05, 3.63) is 40.4 Å². The first-order valence-corrected chi connectivity index (χ1v) is 5.58. The zero-order chi connectivity index (χ0) is 13.6. The molecule has 0 amide bonds. The Kier molecular flexibility index (Phi) is 2.38. The Hall–Kier alpha value is -2.63. The Morgan fingerprint density at radius 1 is 1.42 bits per heavy atom. The van der Waals surface area contributed by atoms with E-state index in [9.17, 15) is 9.59 Å². The highest BCUT2D eigenvalue weighted by Gasteiger charge is 2.15. The van der Waals surface area contributed by atoms with Crippen molar-refractivity contribution in [2.45, 2.75) is 0 Å². The van der Waals surface area contributed by atoms with Gasteiger partial charge < -0.3 is 9.15 Å². The Balaban J connectivity index is 2.41. The molecule has 0 atom stereocenters. The van der Waals surface area contributed by atoms with Gasteiger partial charge in [-0.25, -0.2) is 9.59 Å². The molecule has 0 spiro atoms. The maximum Gasteiger partial charge on any atom is 0.351 e. The third-order valence-corrected chi connectivity index (χ3v) is 3.03. The van der Waals surface area contributed by atoms with Crippen LogP contribution in [0.5, 0.6) is 0 Å². The molecule has 2 heterocycles. The third kappa shape index (κ3) is 1.61. The SMILES string of the molecule is COC(=O)c1cc2ccc3c(cnn3C)c2oc1=O. The average Bonchev–Trinajstić information content (AvgIpc) is 2.79. The molecule has 0 radical (unpaired) electrons. The lowest BCUT2D eigenvalue weighted by atomic mass is 10.1. The summed E-state index contributed by atoms with van der Waals surface area (Å²) in [6.45, 7) is 0. The summed E-state index contributed by atoms with van der Waals surface area (Å²) < 4.78 is 11.5. The minimum absolute atomic E-state index is 0.113. The molecule has 6 heteroatoms. The fourth-order valence-corrected chi connectivity index (χ4v) is 2.06. The lowest BCUT2D eigenvalue weighted by Crippen LogP contribution is -2.14. The van der Waals surface area contributed by atoms with Crippen LogP contribution in [0.1, 0.15) is 10.4 Å². The topological polar surface area (TPSA) is 74.3 Å². The predicted molar refractivity (Wildman–Crippen MR) is 68.1 cm³/mol. The van der Waals surface area contributed by atoms with Crippen LogP contribution in [0.3, 0.4) is 0 Å². The van der Waals surface area contributed by atoms with Gasteiger partial charge in [-0.05, 0) is 18.2 Å². The first kappa shape index (κ1) is 11.5. The van der Waals surface area contributed by atoms with Gasteiger partial charge in [0.2, 0.25) is 0 Å². The molecule has 3 rings (SSSR count). The summed E-state index contributed by atoms with van der Waals surface area (Å²) in [6.07, 6.45) is 1.62. The number of aryl methyl sites for hydroxylation is 1. The highest BCUT2D eigenvalue weighted by Crippen LogP contribution is 2.24. The van der Waals surface area contributed by atoms with E-state index < -0.39 is 11.6 Å². The normalized spacial score (nSPS) is 11.1. The van der Waals surface area contributed by atoms with Gasteiger partial charge in [-0.3, -0.25) is 4.68 Å². The molecule has 96 valence electrons. The van der Waals surface area contributed by atoms with Crippen molar-refractivity contribution in [1.82, 2.24) is 9.78 Å². The summed E-state index contributed by atoms with van der Waals surface area (Å²) in [5.41, 5.74) is 0.443. The quantitative estimate of drug-likeness (QED) is 0.488. The number of ether oxygens (including phenoxy) is 1. The monoisotopic (exact) mass is 258 g/mol. The van der Waals surface area contributed by atoms with Crippen LogP contribution in [0, 0.1) is 0 Å². The number of esters is 1. The Morgan fingerprint density at radius 2 is 2.21 bits per heavy atom. The fourth-order valence-electron chi connectivity index (χ4n) is 2.06. The molecule has 0 aliphatic heterocycles. The number of methoxy groups -OCH3 is 1. The number of hydrogen-bond acceptors (Lipinski definition) is 5. The van der Waals surface area contributed by atoms with Crippen LogP contribution in [-0.4, -0.2) is 22.9 Å². The van der Waals surface area contributed by atoms with Crippen LogP contribution in [-0.2, 0) is 11.8 Å². The van der Waals surface area contributed by atoms with Gasteiger partial charge in [0.15, 0.2) is 0 Å². The molecule has 0 bridgehead atoms. The predicted octanol–water partition coefficient (Wildman–Crippen LogP) is 1.47. The average molecular weight is 258 g/mol. The van der Waals surface area contributed by atoms with Crippen LogP contribution < -0.4 is 5.63 Å². The molecule has 0 N–H and O–H groups in total. The van der Waals surface area contributed by atoms with Gasteiger partial charge in [0.25, 0.3) is 0 Å². The lowest BCUT2D eigenvalue weighted by molar-refractivity contribution is 0.0596. The van der Waals surface area contributed by atoms with Crippen molar-refractivity contribution < 1.29 is 13.9 Å². The van der Waals surface area contributed by atoms with E-state index >= 15 is 0 Å². The number of hydrogen-bond donors (Lipinski definition) is 0. The summed E-state index contributed by atoms with van der Waals surface area (Å²) in [5.74, 6) is -0.707. The molecule has 0 saturated carbocycles. The maximum atomic E-state index is 11.8. The summed E-state index contributed by atoms with van der Waals surface area (Å²) in [4.78, 5) is 23.2. The van der Waals surface area contributed by atoms with Crippen LogP contribution in [0.4, 0.5) is 0 Å². The van der Waals surface area contributed by atoms with E-state index in [0.717, 1.165) is 10.9 Å². The van der Waals surface area contributed by atoms with E-state index in [2.05, 4.69) is 9.84 Å². The van der Waals surface area contributed by atoms with Crippen molar-refractivity contribution in [2.75, 3.05) is 7.11 Å². The standard InChI is InChI=1S/C13H10N2O4/c1-15-10-4-3-7-5-8(12(16)18-2)13(17)19-11(7)9(10)6-14-15/h3-6H,1-2H3. The molecule has 2 aromatic heterocycles. The molecule has 3 aromatic rings. The van der Waals surface area contributed by atoms with Crippen LogP contribution in [0.2, 0.25) is 0 Å². The number of nitrogens with zero attached hydrogens (tertiary/aromatic N) is 2. The van der Waals surface area contributed by atoms with Gasteiger partial charge in [0.05, 0.1) is 24.2 Å². The van der Waals surface area contributed by atoms with E-state index in [1.807, 2.05) is 6.07 Å². The molecule has 1 aromatic carbocycles. The van der Waals surface area contributed by atoms with E-state index in [1.165, 1.54) is 13.2 Å². The number of rotatable bonds is 1. The first-order valence-electron chi connectivity index (χ1n) is 5.58. The second-order valence-electron chi connectivity index (χ2n) is 4.12. The molecule has 6 nitrogen and oxygen atoms in total. The van der Waals surface area contributed by atoms with Crippen molar-refractivity contribution in [3.63, 3.8) is 0 Å². The highest BCUT2D eigenvalue weighted by atomic mass is 16.5. The number of fused-ring (bicyclic) bond motifs is 3. The minimum atomic E-state index is -0.712. The number of carbonyl (C=O) groups excluding carboxylic acids is 1. The maximum absolute atomic E-state index is 11.8. The Morgan fingerprint density at radius 3 is 2.95 bits per heavy atom. The van der Waals surface area contributed by atoms with E-state index in [4.69, 9.17) is 4.42 Å². The van der Waals surface area contributed by atoms with E-state index in [-0.39, 0.29) is 5.56 Å². The minimum Gasteiger partial charge on any atom is -0.465 e. The lowest BCUT2D eigenvalue weighted by Gasteiger charge is -2.02. The van der Waals surface area contributed by atoms with E-state index in [0.29, 0.717) is 11.0 Å². The van der Waals surface area contributed by atoms with Gasteiger partial charge in [-0.2, -0.15) is 5.10 Å². The van der Waals surface area contributed by atoms with Gasteiger partial charge >= 0.3 is 11.6 Å². The zero-order valence-corrected chi connectivity index (χ0v) is 10.3. The third-order valence-electron chi connectivity index (χ3n) is 3.03. The molecule has 0 fully saturated rings. The molecule has 0 aliphatic carbocycles. The molecule has 0 unspecified atom stereocenters. The van der Waals surface area contributed by atoms with Gasteiger partial charge in [0, 0.05) is 12.4 Å². The molecule has 0 aliphatic rings. The molecular weight excluding hydrogens is 248 g/mol. The van der Waals surface area contributed by atoms with Crippen LogP contribution in [0.25, 0.3) is 21.9 Å². The smallest absolute Gasteiger partial charge is 0.351 e. The molecule has 0 saturated heterocycles. The summed E-state index contributed by atoms with van der Waals surface area (Å²) in [7, 11) is 3.02. The largest absolute Gasteiger partial charge is 0.465 e. The van der Waals surface area contributed by atoms with Gasteiger partial charge in [-0.1, -0.05) is 0 Å². The van der Waals surface area contributed by atoms with Crippen LogP contribution >= 0.6 is 0 Å². The second kappa shape index (κ2) is 3.94. The number of benzene rings is 1.